The SMILES string of the molecule is O=C(O)c1cnn(-c2cccc(-c3cccc(CNS(=O)(=O)c4ccccc4)c3)c2)c1C(F)(F)F. The van der Waals surface area contributed by atoms with E-state index in [1.807, 2.05) is 0 Å². The molecule has 0 radical (unpaired) electrons. The number of carbonyl (C=O) groups is 1. The molecular weight excluding hydrogens is 483 g/mol. The van der Waals surface area contributed by atoms with E-state index in [0.717, 1.165) is 0 Å². The highest BCUT2D eigenvalue weighted by molar-refractivity contribution is 7.89. The van der Waals surface area contributed by atoms with Crippen LogP contribution in [0.4, 0.5) is 13.2 Å². The monoisotopic (exact) mass is 501 g/mol. The van der Waals surface area contributed by atoms with E-state index in [-0.39, 0.29) is 17.1 Å². The van der Waals surface area contributed by atoms with Crippen molar-refractivity contribution in [2.75, 3.05) is 0 Å². The summed E-state index contributed by atoms with van der Waals surface area (Å²) in [6.07, 6.45) is -4.27. The number of aromatic nitrogens is 2. The lowest BCUT2D eigenvalue weighted by Gasteiger charge is -2.13. The Morgan fingerprint density at radius 3 is 2.26 bits per heavy atom. The van der Waals surface area contributed by atoms with E-state index in [9.17, 15) is 26.4 Å². The number of hydrogen-bond donors (Lipinski definition) is 2. The van der Waals surface area contributed by atoms with Crippen LogP contribution in [0, 0.1) is 0 Å². The Labute approximate surface area is 198 Å². The Morgan fingerprint density at radius 1 is 0.943 bits per heavy atom. The molecule has 2 N–H and O–H groups in total. The summed E-state index contributed by atoms with van der Waals surface area (Å²) in [6, 6.07) is 20.8. The number of rotatable bonds is 7. The van der Waals surface area contributed by atoms with Crippen molar-refractivity contribution in [1.29, 1.82) is 0 Å². The molecule has 3 aromatic carbocycles. The normalized spacial score (nSPS) is 12.0. The smallest absolute Gasteiger partial charge is 0.434 e. The lowest BCUT2D eigenvalue weighted by molar-refractivity contribution is -0.143. The van der Waals surface area contributed by atoms with Gasteiger partial charge in [0.1, 0.15) is 5.56 Å². The second-order valence-corrected chi connectivity index (χ2v) is 9.28. The molecule has 35 heavy (non-hydrogen) atoms. The number of carboxylic acid groups (broad SMARTS) is 1. The van der Waals surface area contributed by atoms with Crippen LogP contribution in [0.25, 0.3) is 16.8 Å². The van der Waals surface area contributed by atoms with E-state index >= 15 is 0 Å². The predicted octanol–water partition coefficient (Wildman–Crippen LogP) is 4.73. The van der Waals surface area contributed by atoms with Crippen molar-refractivity contribution in [3.05, 3.63) is 102 Å². The maximum absolute atomic E-state index is 13.6. The average molecular weight is 501 g/mol. The molecule has 180 valence electrons. The number of halogens is 3. The minimum atomic E-state index is -4.93. The minimum absolute atomic E-state index is 0.00408. The zero-order chi connectivity index (χ0) is 25.2. The fourth-order valence-corrected chi connectivity index (χ4v) is 4.55. The van der Waals surface area contributed by atoms with Crippen LogP contribution in [-0.2, 0) is 22.7 Å². The summed E-state index contributed by atoms with van der Waals surface area (Å²) in [5.74, 6) is -1.73. The third-order valence-corrected chi connectivity index (χ3v) is 6.56. The van der Waals surface area contributed by atoms with Crippen LogP contribution in [0.3, 0.4) is 0 Å². The van der Waals surface area contributed by atoms with Gasteiger partial charge in [-0.05, 0) is 47.0 Å². The lowest BCUT2D eigenvalue weighted by atomic mass is 10.0. The second kappa shape index (κ2) is 9.35. The van der Waals surface area contributed by atoms with Gasteiger partial charge in [0.25, 0.3) is 0 Å². The van der Waals surface area contributed by atoms with E-state index in [1.165, 1.54) is 30.3 Å². The van der Waals surface area contributed by atoms with Gasteiger partial charge in [0.15, 0.2) is 5.69 Å². The highest BCUT2D eigenvalue weighted by atomic mass is 32.2. The van der Waals surface area contributed by atoms with E-state index in [0.29, 0.717) is 27.6 Å². The van der Waals surface area contributed by atoms with E-state index < -0.39 is 33.4 Å². The molecule has 0 unspecified atom stereocenters. The van der Waals surface area contributed by atoms with Crippen molar-refractivity contribution in [1.82, 2.24) is 14.5 Å². The van der Waals surface area contributed by atoms with Gasteiger partial charge in [0, 0.05) is 6.54 Å². The number of aromatic carboxylic acids is 1. The molecule has 11 heteroatoms. The molecule has 0 aliphatic carbocycles. The molecule has 7 nitrogen and oxygen atoms in total. The first kappa shape index (κ1) is 24.2. The highest BCUT2D eigenvalue weighted by Gasteiger charge is 2.40. The van der Waals surface area contributed by atoms with Crippen molar-refractivity contribution >= 4 is 16.0 Å². The van der Waals surface area contributed by atoms with E-state index in [2.05, 4.69) is 9.82 Å². The van der Waals surface area contributed by atoms with Gasteiger partial charge in [-0.25, -0.2) is 22.6 Å². The summed E-state index contributed by atoms with van der Waals surface area (Å²) in [5, 5.41) is 12.8. The Bertz CT molecular complexity index is 1480. The first-order chi connectivity index (χ1) is 16.6. The van der Waals surface area contributed by atoms with Crippen molar-refractivity contribution in [2.24, 2.45) is 0 Å². The number of alkyl halides is 3. The van der Waals surface area contributed by atoms with Crippen LogP contribution in [0.5, 0.6) is 0 Å². The number of nitrogens with one attached hydrogen (secondary N) is 1. The van der Waals surface area contributed by atoms with Crippen LogP contribution in [0.2, 0.25) is 0 Å². The number of sulfonamides is 1. The number of nitrogens with zero attached hydrogens (tertiary/aromatic N) is 2. The molecule has 0 atom stereocenters. The first-order valence-corrected chi connectivity index (χ1v) is 11.7. The largest absolute Gasteiger partial charge is 0.478 e. The molecule has 0 spiro atoms. The summed E-state index contributed by atoms with van der Waals surface area (Å²) in [7, 11) is -3.72. The summed E-state index contributed by atoms with van der Waals surface area (Å²) in [6.45, 7) is 0.00408. The highest BCUT2D eigenvalue weighted by Crippen LogP contribution is 2.34. The van der Waals surface area contributed by atoms with Gasteiger partial charge in [-0.15, -0.1) is 0 Å². The van der Waals surface area contributed by atoms with Crippen molar-refractivity contribution in [3.63, 3.8) is 0 Å². The number of benzene rings is 3. The predicted molar refractivity (Wildman–Crippen MR) is 121 cm³/mol. The minimum Gasteiger partial charge on any atom is -0.478 e. The average Bonchev–Trinajstić information content (AvgIpc) is 3.30. The Kier molecular flexibility index (Phi) is 6.46. The molecule has 0 fully saturated rings. The molecule has 0 saturated heterocycles. The summed E-state index contributed by atoms with van der Waals surface area (Å²) in [4.78, 5) is 11.4. The molecule has 0 saturated carbocycles. The van der Waals surface area contributed by atoms with Crippen molar-refractivity contribution in [3.8, 4) is 16.8 Å². The molecule has 1 aromatic heterocycles. The molecule has 0 amide bonds. The van der Waals surface area contributed by atoms with Crippen LogP contribution in [0.1, 0.15) is 21.6 Å². The summed E-state index contributed by atoms with van der Waals surface area (Å²) < 4.78 is 68.8. The van der Waals surface area contributed by atoms with Gasteiger partial charge in [-0.3, -0.25) is 0 Å². The van der Waals surface area contributed by atoms with Gasteiger partial charge < -0.3 is 5.11 Å². The second-order valence-electron chi connectivity index (χ2n) is 7.51. The zero-order valence-corrected chi connectivity index (χ0v) is 18.7. The van der Waals surface area contributed by atoms with Gasteiger partial charge in [0.2, 0.25) is 10.0 Å². The Balaban J connectivity index is 1.63. The van der Waals surface area contributed by atoms with Crippen molar-refractivity contribution < 1.29 is 31.5 Å². The molecular formula is C24H18F3N3O4S. The van der Waals surface area contributed by atoms with Gasteiger partial charge in [0.05, 0.1) is 16.8 Å². The quantitative estimate of drug-likeness (QED) is 0.381. The van der Waals surface area contributed by atoms with E-state index in [1.54, 1.807) is 48.5 Å². The fourth-order valence-electron chi connectivity index (χ4n) is 3.51. The maximum Gasteiger partial charge on any atom is 0.434 e. The fraction of sp³-hybridized carbons (Fsp3) is 0.0833. The lowest BCUT2D eigenvalue weighted by Crippen LogP contribution is -2.23. The molecule has 4 aromatic rings. The Hall–Kier alpha value is -3.96. The third-order valence-electron chi connectivity index (χ3n) is 5.14. The molecule has 1 heterocycles. The van der Waals surface area contributed by atoms with Crippen LogP contribution >= 0.6 is 0 Å². The van der Waals surface area contributed by atoms with Gasteiger partial charge >= 0.3 is 12.1 Å². The van der Waals surface area contributed by atoms with Gasteiger partial charge in [-0.2, -0.15) is 18.3 Å². The molecule has 4 rings (SSSR count). The van der Waals surface area contributed by atoms with Crippen LogP contribution in [0.15, 0.2) is 90.0 Å². The molecule has 0 aliphatic heterocycles. The number of carboxylic acids is 1. The van der Waals surface area contributed by atoms with Gasteiger partial charge in [-0.1, -0.05) is 48.5 Å². The van der Waals surface area contributed by atoms with Crippen LogP contribution < -0.4 is 4.72 Å². The summed E-state index contributed by atoms with van der Waals surface area (Å²) in [5.41, 5.74) is -0.506. The third kappa shape index (κ3) is 5.26. The summed E-state index contributed by atoms with van der Waals surface area (Å²) >= 11 is 0. The maximum atomic E-state index is 13.6. The first-order valence-electron chi connectivity index (χ1n) is 10.2. The number of hydrogen-bond acceptors (Lipinski definition) is 4. The standard InChI is InChI=1S/C24H18F3N3O4S/c25-24(26,27)22-21(23(31)32)15-28-30(22)19-9-5-8-18(13-19)17-7-4-6-16(12-17)14-29-35(33,34)20-10-2-1-3-11-20/h1-13,15,29H,14H2,(H,31,32). The topological polar surface area (TPSA) is 101 Å². The Morgan fingerprint density at radius 2 is 1.60 bits per heavy atom. The van der Waals surface area contributed by atoms with Crippen molar-refractivity contribution in [2.45, 2.75) is 17.6 Å². The van der Waals surface area contributed by atoms with E-state index in [4.69, 9.17) is 5.11 Å². The molecule has 0 bridgehead atoms. The zero-order valence-electron chi connectivity index (χ0n) is 17.9. The van der Waals surface area contributed by atoms with Crippen LogP contribution in [-0.4, -0.2) is 29.3 Å². The molecule has 0 aliphatic rings.